The van der Waals surface area contributed by atoms with E-state index in [2.05, 4.69) is 16.0 Å². The number of benzene rings is 1. The largest absolute Gasteiger partial charge is 0.497 e. The molecule has 2 aromatic heterocycles. The maximum Gasteiger partial charge on any atom is 0.404 e. The number of fused-ring (bicyclic) bond motifs is 1. The molecular formula is C21H20F3N5O3S. The van der Waals surface area contributed by atoms with Gasteiger partial charge in [0.15, 0.2) is 5.82 Å². The number of nitrogens with one attached hydrogen (secondary N) is 1. The Bertz CT molecular complexity index is 1340. The highest BCUT2D eigenvalue weighted by Gasteiger charge is 2.39. The molecule has 0 saturated heterocycles. The number of hydrogen-bond donors (Lipinski definition) is 1. The first-order valence-corrected chi connectivity index (χ1v) is 11.6. The molecule has 0 radical (unpaired) electrons. The zero-order valence-corrected chi connectivity index (χ0v) is 18.5. The van der Waals surface area contributed by atoms with Crippen molar-refractivity contribution in [3.63, 3.8) is 0 Å². The molecule has 1 aliphatic carbocycles. The Morgan fingerprint density at radius 1 is 1.27 bits per heavy atom. The van der Waals surface area contributed by atoms with Gasteiger partial charge in [0.1, 0.15) is 28.4 Å². The quantitative estimate of drug-likeness (QED) is 0.574. The number of nitrogens with zero attached hydrogens (tertiary/aromatic N) is 4. The minimum atomic E-state index is -4.74. The van der Waals surface area contributed by atoms with Gasteiger partial charge in [-0.3, -0.25) is 0 Å². The van der Waals surface area contributed by atoms with Crippen LogP contribution in [0, 0.1) is 11.3 Å². The van der Waals surface area contributed by atoms with E-state index < -0.39 is 27.1 Å². The van der Waals surface area contributed by atoms with E-state index in [1.54, 1.807) is 24.0 Å². The van der Waals surface area contributed by atoms with Crippen LogP contribution < -0.4 is 9.46 Å². The predicted octanol–water partition coefficient (Wildman–Crippen LogP) is 3.93. The van der Waals surface area contributed by atoms with Gasteiger partial charge in [-0.25, -0.2) is 18.4 Å². The Hall–Kier alpha value is -3.17. The van der Waals surface area contributed by atoms with Crippen LogP contribution in [0.25, 0.3) is 22.4 Å². The van der Waals surface area contributed by atoms with Gasteiger partial charge in [-0.2, -0.15) is 23.2 Å². The van der Waals surface area contributed by atoms with Crippen molar-refractivity contribution < 1.29 is 26.3 Å². The van der Waals surface area contributed by atoms with E-state index in [0.717, 1.165) is 37.2 Å². The van der Waals surface area contributed by atoms with Gasteiger partial charge < -0.3 is 9.30 Å². The predicted molar refractivity (Wildman–Crippen MR) is 113 cm³/mol. The fourth-order valence-corrected chi connectivity index (χ4v) is 4.84. The van der Waals surface area contributed by atoms with Crippen molar-refractivity contribution in [1.29, 1.82) is 5.26 Å². The van der Waals surface area contributed by atoms with Crippen LogP contribution in [0.1, 0.15) is 37.8 Å². The fourth-order valence-electron chi connectivity index (χ4n) is 3.72. The van der Waals surface area contributed by atoms with Gasteiger partial charge in [-0.15, -0.1) is 0 Å². The molecule has 0 bridgehead atoms. The van der Waals surface area contributed by atoms with Gasteiger partial charge in [-0.1, -0.05) is 0 Å². The summed E-state index contributed by atoms with van der Waals surface area (Å²) in [5.74, 6) is 0.722. The van der Waals surface area contributed by atoms with Crippen LogP contribution in [0.15, 0.2) is 35.5 Å². The number of alkyl halides is 3. The van der Waals surface area contributed by atoms with Crippen LogP contribution in [0.2, 0.25) is 0 Å². The molecule has 33 heavy (non-hydrogen) atoms. The molecule has 8 nitrogen and oxygen atoms in total. The normalized spacial score (nSPS) is 15.8. The average Bonchev–Trinajstić information content (AvgIpc) is 3.04. The maximum atomic E-state index is 12.8. The van der Waals surface area contributed by atoms with Crippen molar-refractivity contribution in [2.45, 2.75) is 49.3 Å². The number of aromatic nitrogens is 3. The highest BCUT2D eigenvalue weighted by atomic mass is 32.2. The molecule has 4 rings (SSSR count). The number of nitriles is 1. The first kappa shape index (κ1) is 23.0. The van der Waals surface area contributed by atoms with Gasteiger partial charge in [0.05, 0.1) is 30.6 Å². The zero-order valence-electron chi connectivity index (χ0n) is 17.7. The van der Waals surface area contributed by atoms with Crippen molar-refractivity contribution >= 4 is 20.9 Å². The molecular weight excluding hydrogens is 459 g/mol. The third-order valence-corrected chi connectivity index (χ3v) is 7.23. The lowest BCUT2D eigenvalue weighted by molar-refractivity contribution is -0.147. The van der Waals surface area contributed by atoms with E-state index in [9.17, 15) is 26.9 Å². The summed E-state index contributed by atoms with van der Waals surface area (Å²) in [7, 11) is -2.95. The van der Waals surface area contributed by atoms with Gasteiger partial charge in [-0.05, 0) is 38.3 Å². The highest BCUT2D eigenvalue weighted by Crippen LogP contribution is 2.42. The fraction of sp³-hybridized carbons (Fsp3) is 0.381. The Morgan fingerprint density at radius 2 is 1.94 bits per heavy atom. The molecule has 0 amide bonds. The molecule has 174 valence electrons. The molecule has 1 aliphatic rings. The second-order valence-electron chi connectivity index (χ2n) is 7.80. The second kappa shape index (κ2) is 8.31. The van der Waals surface area contributed by atoms with E-state index in [-0.39, 0.29) is 11.9 Å². The van der Waals surface area contributed by atoms with Crippen LogP contribution >= 0.6 is 0 Å². The summed E-state index contributed by atoms with van der Waals surface area (Å²) in [6.07, 6.45) is -0.0389. The van der Waals surface area contributed by atoms with Crippen LogP contribution in [-0.4, -0.2) is 42.3 Å². The van der Waals surface area contributed by atoms with Gasteiger partial charge in [0.25, 0.3) is 0 Å². The Kier molecular flexibility index (Phi) is 5.79. The van der Waals surface area contributed by atoms with E-state index in [1.807, 2.05) is 10.6 Å². The van der Waals surface area contributed by atoms with E-state index in [4.69, 9.17) is 4.74 Å². The lowest BCUT2D eigenvalue weighted by Crippen LogP contribution is -2.43. The van der Waals surface area contributed by atoms with Gasteiger partial charge in [0, 0.05) is 17.5 Å². The summed E-state index contributed by atoms with van der Waals surface area (Å²) >= 11 is 0. The monoisotopic (exact) mass is 479 g/mol. The number of halogens is 3. The number of rotatable bonds is 6. The minimum absolute atomic E-state index is 0.108. The molecule has 0 spiro atoms. The average molecular weight is 479 g/mol. The van der Waals surface area contributed by atoms with Crippen molar-refractivity contribution in [3.05, 3.63) is 36.2 Å². The molecule has 1 saturated carbocycles. The molecule has 1 atom stereocenters. The summed E-state index contributed by atoms with van der Waals surface area (Å²) in [6.45, 7) is 0.706. The van der Waals surface area contributed by atoms with Gasteiger partial charge in [0.2, 0.25) is 10.0 Å². The number of methoxy groups -OCH3 is 1. The summed E-state index contributed by atoms with van der Waals surface area (Å²) in [6, 6.07) is 5.35. The molecule has 3 aromatic rings. The maximum absolute atomic E-state index is 12.8. The molecule has 1 fully saturated rings. The third kappa shape index (κ3) is 4.14. The molecule has 12 heteroatoms. The summed E-state index contributed by atoms with van der Waals surface area (Å²) in [5.41, 5.74) is 1.54. The number of ether oxygens (including phenoxy) is 1. The lowest BCUT2D eigenvalue weighted by atomic mass is 9.92. The third-order valence-electron chi connectivity index (χ3n) is 5.74. The van der Waals surface area contributed by atoms with Crippen molar-refractivity contribution in [1.82, 2.24) is 19.3 Å². The molecule has 1 aromatic carbocycles. The molecule has 2 heterocycles. The minimum Gasteiger partial charge on any atom is -0.497 e. The topological polar surface area (TPSA) is 110 Å². The van der Waals surface area contributed by atoms with E-state index >= 15 is 0 Å². The number of sulfonamides is 1. The van der Waals surface area contributed by atoms with Crippen LogP contribution in [0.3, 0.4) is 0 Å². The SMILES string of the molecule is COc1ccc2c(C#N)c(-c3ncc(S(=O)(=O)NC(C)C(F)(F)F)cn3)n(C3CCC3)c2c1. The van der Waals surface area contributed by atoms with Crippen LogP contribution in [0.5, 0.6) is 5.75 Å². The highest BCUT2D eigenvalue weighted by molar-refractivity contribution is 7.89. The Labute approximate surface area is 188 Å². The molecule has 0 aliphatic heterocycles. The summed E-state index contributed by atoms with van der Waals surface area (Å²) < 4.78 is 71.9. The zero-order chi connectivity index (χ0) is 24.0. The smallest absolute Gasteiger partial charge is 0.404 e. The second-order valence-corrected chi connectivity index (χ2v) is 9.51. The van der Waals surface area contributed by atoms with Crippen LogP contribution in [-0.2, 0) is 10.0 Å². The van der Waals surface area contributed by atoms with E-state index in [1.165, 1.54) is 0 Å². The van der Waals surface area contributed by atoms with Crippen molar-refractivity contribution in [3.8, 4) is 23.3 Å². The Balaban J connectivity index is 1.80. The Morgan fingerprint density at radius 3 is 2.45 bits per heavy atom. The van der Waals surface area contributed by atoms with E-state index in [0.29, 0.717) is 29.3 Å². The van der Waals surface area contributed by atoms with Crippen molar-refractivity contribution in [2.24, 2.45) is 0 Å². The van der Waals surface area contributed by atoms with Crippen molar-refractivity contribution in [2.75, 3.05) is 7.11 Å². The first-order valence-electron chi connectivity index (χ1n) is 10.1. The van der Waals surface area contributed by atoms with Gasteiger partial charge >= 0.3 is 6.18 Å². The standard InChI is InChI=1S/C21H20F3N5O3S/c1-12(21(22,23)24)28-33(30,31)15-10-26-20(27-11-15)19-17(9-25)16-7-6-14(32-2)8-18(16)29(19)13-4-3-5-13/h6-8,10-13,28H,3-5H2,1-2H3. The van der Waals surface area contributed by atoms with Crippen LogP contribution in [0.4, 0.5) is 13.2 Å². The first-order chi connectivity index (χ1) is 15.6. The molecule has 1 N–H and O–H groups in total. The molecule has 1 unspecified atom stereocenters. The summed E-state index contributed by atoms with van der Waals surface area (Å²) in [5, 5.41) is 10.6. The lowest BCUT2D eigenvalue weighted by Gasteiger charge is -2.29. The summed E-state index contributed by atoms with van der Waals surface area (Å²) in [4.78, 5) is 7.73. The number of hydrogen-bond acceptors (Lipinski definition) is 6.